The average molecular weight is 380 g/mol. The molecule has 9 heteroatoms. The number of aliphatic hydroxyl groups excluding tert-OH is 1. The van der Waals surface area contributed by atoms with E-state index >= 15 is 0 Å². The first-order valence-corrected chi connectivity index (χ1v) is 10.4. The first-order valence-electron chi connectivity index (χ1n) is 7.90. The van der Waals surface area contributed by atoms with Crippen molar-refractivity contribution in [1.82, 2.24) is 16.0 Å². The van der Waals surface area contributed by atoms with Crippen LogP contribution in [-0.2, 0) is 14.4 Å². The lowest BCUT2D eigenvalue weighted by atomic mass is 9.90. The van der Waals surface area contributed by atoms with Crippen LogP contribution in [0.25, 0.3) is 0 Å². The fraction of sp³-hybridized carbons (Fsp3) is 0.800. The molecule has 4 N–H and O–H groups in total. The van der Waals surface area contributed by atoms with E-state index in [9.17, 15) is 14.4 Å². The van der Waals surface area contributed by atoms with Crippen LogP contribution in [0.5, 0.6) is 0 Å². The molecule has 0 saturated heterocycles. The van der Waals surface area contributed by atoms with Crippen molar-refractivity contribution in [3.8, 4) is 0 Å². The molecule has 7 nitrogen and oxygen atoms in total. The van der Waals surface area contributed by atoms with Crippen molar-refractivity contribution in [3.63, 3.8) is 0 Å². The molecule has 0 aliphatic heterocycles. The molecule has 0 aliphatic rings. The molecule has 0 aromatic carbocycles. The normalized spacial score (nSPS) is 11.0. The molecule has 0 spiro atoms. The summed E-state index contributed by atoms with van der Waals surface area (Å²) in [6.45, 7) is 6.57. The molecule has 0 atom stereocenters. The maximum absolute atomic E-state index is 11.6. The molecular weight excluding hydrogens is 350 g/mol. The molecule has 140 valence electrons. The van der Waals surface area contributed by atoms with Crippen molar-refractivity contribution >= 4 is 39.3 Å². The van der Waals surface area contributed by atoms with Crippen LogP contribution in [-0.4, -0.2) is 60.6 Å². The minimum absolute atomic E-state index is 0.0279. The minimum Gasteiger partial charge on any atom is -0.396 e. The second kappa shape index (κ2) is 13.4. The number of hydrogen-bond donors (Lipinski definition) is 4. The van der Waals surface area contributed by atoms with E-state index in [0.717, 1.165) is 11.5 Å². The van der Waals surface area contributed by atoms with Gasteiger partial charge in [0.1, 0.15) is 0 Å². The zero-order valence-electron chi connectivity index (χ0n) is 14.6. The predicted molar refractivity (Wildman–Crippen MR) is 99.7 cm³/mol. The van der Waals surface area contributed by atoms with Crippen molar-refractivity contribution in [1.29, 1.82) is 0 Å². The smallest absolute Gasteiger partial charge is 0.221 e. The van der Waals surface area contributed by atoms with Gasteiger partial charge in [-0.15, -0.1) is 0 Å². The van der Waals surface area contributed by atoms with Crippen LogP contribution in [0.3, 0.4) is 0 Å². The highest BCUT2D eigenvalue weighted by Crippen LogP contribution is 2.19. The molecule has 0 bridgehead atoms. The summed E-state index contributed by atoms with van der Waals surface area (Å²) in [6, 6.07) is 0. The first kappa shape index (κ1) is 23.1. The van der Waals surface area contributed by atoms with E-state index in [2.05, 4.69) is 16.0 Å². The molecule has 0 aliphatic carbocycles. The van der Waals surface area contributed by atoms with Crippen LogP contribution in [0.15, 0.2) is 0 Å². The summed E-state index contributed by atoms with van der Waals surface area (Å²) < 4.78 is 0. The molecule has 0 heterocycles. The molecule has 24 heavy (non-hydrogen) atoms. The van der Waals surface area contributed by atoms with Crippen LogP contribution in [0.1, 0.15) is 33.6 Å². The number of carbonyl (C=O) groups is 3. The van der Waals surface area contributed by atoms with Crippen molar-refractivity contribution in [3.05, 3.63) is 0 Å². The lowest BCUT2D eigenvalue weighted by Gasteiger charge is -2.20. The minimum atomic E-state index is -0.443. The van der Waals surface area contributed by atoms with E-state index in [4.69, 9.17) is 5.11 Å². The molecule has 0 saturated carbocycles. The van der Waals surface area contributed by atoms with Gasteiger partial charge in [-0.25, -0.2) is 0 Å². The molecule has 0 aromatic heterocycles. The second-order valence-electron chi connectivity index (χ2n) is 6.08. The lowest BCUT2D eigenvalue weighted by Crippen LogP contribution is -2.34. The van der Waals surface area contributed by atoms with E-state index in [0.29, 0.717) is 19.6 Å². The summed E-state index contributed by atoms with van der Waals surface area (Å²) in [5.74, 6) is 1.33. The third-order valence-electron chi connectivity index (χ3n) is 2.89. The molecule has 3 amide bonds. The third-order valence-corrected chi connectivity index (χ3v) is 5.30. The second-order valence-corrected chi connectivity index (χ2v) is 8.78. The fourth-order valence-corrected chi connectivity index (χ4v) is 3.39. The summed E-state index contributed by atoms with van der Waals surface area (Å²) in [5.41, 5.74) is -0.443. The maximum Gasteiger partial charge on any atom is 0.221 e. The number of amides is 3. The van der Waals surface area contributed by atoms with E-state index in [-0.39, 0.29) is 37.2 Å². The van der Waals surface area contributed by atoms with Crippen molar-refractivity contribution in [2.45, 2.75) is 33.6 Å². The predicted octanol–water partition coefficient (Wildman–Crippen LogP) is 0.535. The molecule has 0 radical (unpaired) electrons. The van der Waals surface area contributed by atoms with E-state index < -0.39 is 5.41 Å². The highest BCUT2D eigenvalue weighted by atomic mass is 33.1. The van der Waals surface area contributed by atoms with Gasteiger partial charge in [0, 0.05) is 57.5 Å². The Bertz CT molecular complexity index is 406. The van der Waals surface area contributed by atoms with Gasteiger partial charge in [-0.05, 0) is 5.41 Å². The highest BCUT2D eigenvalue weighted by molar-refractivity contribution is 8.76. The number of rotatable bonds is 13. The van der Waals surface area contributed by atoms with Gasteiger partial charge in [-0.1, -0.05) is 35.4 Å². The molecule has 0 rings (SSSR count). The molecule has 0 unspecified atom stereocenters. The van der Waals surface area contributed by atoms with Gasteiger partial charge in [0.2, 0.25) is 17.7 Å². The van der Waals surface area contributed by atoms with Crippen LogP contribution >= 0.6 is 21.6 Å². The third kappa shape index (κ3) is 14.6. The highest BCUT2D eigenvalue weighted by Gasteiger charge is 2.20. The Morgan fingerprint density at radius 2 is 1.46 bits per heavy atom. The molecule has 0 fully saturated rings. The van der Waals surface area contributed by atoms with E-state index in [1.807, 2.05) is 13.8 Å². The van der Waals surface area contributed by atoms with Gasteiger partial charge < -0.3 is 21.1 Å². The summed E-state index contributed by atoms with van der Waals surface area (Å²) in [6.07, 6.45) is 0.475. The summed E-state index contributed by atoms with van der Waals surface area (Å²) in [7, 11) is 3.29. The standard InChI is InChI=1S/C15H29N3O4S2/c1-12(20)16-6-8-23-24-9-7-18-13(21)4-5-17-14(22)10-15(2,3)11-19/h19H,4-11H2,1-3H3,(H,16,20)(H,17,22)(H,18,21). The van der Waals surface area contributed by atoms with Crippen LogP contribution < -0.4 is 16.0 Å². The maximum atomic E-state index is 11.6. The van der Waals surface area contributed by atoms with Crippen LogP contribution in [0.4, 0.5) is 0 Å². The summed E-state index contributed by atoms with van der Waals surface area (Å²) in [4.78, 5) is 33.9. The Morgan fingerprint density at radius 3 is 2.00 bits per heavy atom. The van der Waals surface area contributed by atoms with Gasteiger partial charge in [-0.2, -0.15) is 0 Å². The van der Waals surface area contributed by atoms with Crippen LogP contribution in [0.2, 0.25) is 0 Å². The van der Waals surface area contributed by atoms with Gasteiger partial charge in [-0.3, -0.25) is 14.4 Å². The Kier molecular flexibility index (Phi) is 12.9. The van der Waals surface area contributed by atoms with Crippen molar-refractivity contribution < 1.29 is 19.5 Å². The summed E-state index contributed by atoms with van der Waals surface area (Å²) >= 11 is 0. The average Bonchev–Trinajstić information content (AvgIpc) is 2.49. The van der Waals surface area contributed by atoms with Gasteiger partial charge in [0.25, 0.3) is 0 Å². The van der Waals surface area contributed by atoms with E-state index in [1.165, 1.54) is 6.92 Å². The van der Waals surface area contributed by atoms with E-state index in [1.54, 1.807) is 21.6 Å². The Hall–Kier alpha value is -0.930. The van der Waals surface area contributed by atoms with Gasteiger partial charge in [0.15, 0.2) is 0 Å². The number of carbonyl (C=O) groups excluding carboxylic acids is 3. The lowest BCUT2D eigenvalue weighted by molar-refractivity contribution is -0.124. The van der Waals surface area contributed by atoms with Gasteiger partial charge >= 0.3 is 0 Å². The zero-order chi connectivity index (χ0) is 18.4. The largest absolute Gasteiger partial charge is 0.396 e. The molecule has 0 aromatic rings. The van der Waals surface area contributed by atoms with Crippen LogP contribution in [0, 0.1) is 5.41 Å². The Balaban J connectivity index is 3.50. The zero-order valence-corrected chi connectivity index (χ0v) is 16.3. The molecular formula is C15H29N3O4S2. The Morgan fingerprint density at radius 1 is 0.917 bits per heavy atom. The van der Waals surface area contributed by atoms with Gasteiger partial charge in [0.05, 0.1) is 0 Å². The number of aliphatic hydroxyl groups is 1. The SMILES string of the molecule is CC(=O)NCCSSCCNC(=O)CCNC(=O)CC(C)(C)CO. The van der Waals surface area contributed by atoms with Crippen molar-refractivity contribution in [2.75, 3.05) is 37.7 Å². The van der Waals surface area contributed by atoms with Crippen molar-refractivity contribution in [2.24, 2.45) is 5.41 Å². The monoisotopic (exact) mass is 379 g/mol. The topological polar surface area (TPSA) is 108 Å². The number of nitrogens with one attached hydrogen (secondary N) is 3. The first-order chi connectivity index (χ1) is 11.3. The fourth-order valence-electron chi connectivity index (χ4n) is 1.58. The summed E-state index contributed by atoms with van der Waals surface area (Å²) in [5, 5.41) is 17.3. The Labute approximate surface area is 151 Å². The number of hydrogen-bond acceptors (Lipinski definition) is 6. The quantitative estimate of drug-likeness (QED) is 0.275.